The Morgan fingerprint density at radius 2 is 1.90 bits per heavy atom. The number of nitrogens with two attached hydrogens (primary N) is 1. The van der Waals surface area contributed by atoms with Crippen LogP contribution >= 0.6 is 0 Å². The van der Waals surface area contributed by atoms with E-state index in [4.69, 9.17) is 29.7 Å². The van der Waals surface area contributed by atoms with Gasteiger partial charge in [0, 0.05) is 13.2 Å². The minimum absolute atomic E-state index is 0.153. The molecule has 158 valence electrons. The molecule has 0 amide bonds. The Morgan fingerprint density at radius 3 is 2.68 bits per heavy atom. The molecule has 0 saturated carbocycles. The maximum atomic E-state index is 13.0. The standard InChI is InChI=1S/C22H20N4O5/c1-12(10-28-2)31-22(27)18-19-21(25-15-6-4-3-5-14(15)24-19)26(20(18)23)13-7-8-16-17(9-13)30-11-29-16/h3-9,12H,10-11,23H2,1-2H3/t12-/m0/s1. The van der Waals surface area contributed by atoms with Crippen molar-refractivity contribution in [1.29, 1.82) is 0 Å². The molecule has 0 saturated heterocycles. The van der Waals surface area contributed by atoms with Gasteiger partial charge in [-0.3, -0.25) is 4.57 Å². The van der Waals surface area contributed by atoms with Gasteiger partial charge in [-0.25, -0.2) is 14.8 Å². The van der Waals surface area contributed by atoms with Gasteiger partial charge in [-0.2, -0.15) is 0 Å². The van der Waals surface area contributed by atoms with E-state index in [2.05, 4.69) is 4.98 Å². The maximum Gasteiger partial charge on any atom is 0.344 e. The highest BCUT2D eigenvalue weighted by Gasteiger charge is 2.27. The van der Waals surface area contributed by atoms with Crippen LogP contribution in [0.4, 0.5) is 5.82 Å². The average molecular weight is 420 g/mol. The van der Waals surface area contributed by atoms with Crippen molar-refractivity contribution in [2.24, 2.45) is 0 Å². The van der Waals surface area contributed by atoms with Gasteiger partial charge in [-0.15, -0.1) is 0 Å². The van der Waals surface area contributed by atoms with Crippen LogP contribution in [0.2, 0.25) is 0 Å². The number of hydrogen-bond donors (Lipinski definition) is 1. The topological polar surface area (TPSA) is 111 Å². The molecule has 5 rings (SSSR count). The molecule has 1 aliphatic heterocycles. The van der Waals surface area contributed by atoms with Crippen LogP contribution < -0.4 is 15.2 Å². The zero-order valence-electron chi connectivity index (χ0n) is 17.0. The number of anilines is 1. The first-order valence-electron chi connectivity index (χ1n) is 9.73. The predicted octanol–water partition coefficient (Wildman–Crippen LogP) is 3.08. The van der Waals surface area contributed by atoms with Crippen LogP contribution in [-0.2, 0) is 9.47 Å². The number of methoxy groups -OCH3 is 1. The van der Waals surface area contributed by atoms with Crippen LogP contribution in [0, 0.1) is 0 Å². The van der Waals surface area contributed by atoms with Crippen molar-refractivity contribution in [3.63, 3.8) is 0 Å². The molecule has 0 radical (unpaired) electrons. The molecule has 0 spiro atoms. The molecule has 9 heteroatoms. The van der Waals surface area contributed by atoms with Gasteiger partial charge in [0.15, 0.2) is 17.1 Å². The number of rotatable bonds is 5. The Bertz CT molecular complexity index is 1320. The Kier molecular flexibility index (Phi) is 4.59. The van der Waals surface area contributed by atoms with Gasteiger partial charge in [-0.1, -0.05) is 12.1 Å². The van der Waals surface area contributed by atoms with E-state index < -0.39 is 12.1 Å². The number of esters is 1. The van der Waals surface area contributed by atoms with Crippen molar-refractivity contribution in [3.05, 3.63) is 48.0 Å². The van der Waals surface area contributed by atoms with Crippen molar-refractivity contribution in [1.82, 2.24) is 14.5 Å². The second-order valence-corrected chi connectivity index (χ2v) is 7.19. The van der Waals surface area contributed by atoms with Gasteiger partial charge in [0.05, 0.1) is 23.3 Å². The summed E-state index contributed by atoms with van der Waals surface area (Å²) >= 11 is 0. The van der Waals surface area contributed by atoms with Gasteiger partial charge in [0.25, 0.3) is 0 Å². The molecule has 2 aromatic heterocycles. The zero-order valence-corrected chi connectivity index (χ0v) is 17.0. The first-order valence-corrected chi connectivity index (χ1v) is 9.73. The minimum atomic E-state index is -0.587. The van der Waals surface area contributed by atoms with Crippen molar-refractivity contribution < 1.29 is 23.7 Å². The van der Waals surface area contributed by atoms with E-state index in [1.165, 1.54) is 0 Å². The predicted molar refractivity (Wildman–Crippen MR) is 114 cm³/mol. The fourth-order valence-corrected chi connectivity index (χ4v) is 3.66. The molecule has 0 unspecified atom stereocenters. The summed E-state index contributed by atoms with van der Waals surface area (Å²) in [6.07, 6.45) is -0.450. The van der Waals surface area contributed by atoms with Gasteiger partial charge in [0.1, 0.15) is 23.0 Å². The largest absolute Gasteiger partial charge is 0.456 e. The van der Waals surface area contributed by atoms with Crippen molar-refractivity contribution in [2.45, 2.75) is 13.0 Å². The first-order chi connectivity index (χ1) is 15.1. The summed E-state index contributed by atoms with van der Waals surface area (Å²) in [6.45, 7) is 2.16. The van der Waals surface area contributed by atoms with Crippen LogP contribution in [0.3, 0.4) is 0 Å². The number of aromatic nitrogens is 3. The maximum absolute atomic E-state index is 13.0. The molecule has 3 heterocycles. The fourth-order valence-electron chi connectivity index (χ4n) is 3.66. The number of fused-ring (bicyclic) bond motifs is 3. The lowest BCUT2D eigenvalue weighted by atomic mass is 10.2. The molecule has 1 atom stereocenters. The average Bonchev–Trinajstić information content (AvgIpc) is 3.32. The minimum Gasteiger partial charge on any atom is -0.456 e. The molecule has 9 nitrogen and oxygen atoms in total. The summed E-state index contributed by atoms with van der Waals surface area (Å²) in [4.78, 5) is 22.5. The smallest absolute Gasteiger partial charge is 0.344 e. The summed E-state index contributed by atoms with van der Waals surface area (Å²) in [5.41, 5.74) is 9.46. The second-order valence-electron chi connectivity index (χ2n) is 7.19. The number of carbonyl (C=O) groups is 1. The number of para-hydroxylation sites is 2. The summed E-state index contributed by atoms with van der Waals surface area (Å²) in [6, 6.07) is 12.8. The van der Waals surface area contributed by atoms with Crippen molar-refractivity contribution in [2.75, 3.05) is 26.2 Å². The molecular weight excluding hydrogens is 400 g/mol. The normalized spacial score (nSPS) is 13.6. The van der Waals surface area contributed by atoms with Gasteiger partial charge >= 0.3 is 5.97 Å². The number of ether oxygens (including phenoxy) is 4. The molecule has 0 bridgehead atoms. The van der Waals surface area contributed by atoms with E-state index in [1.54, 1.807) is 30.7 Å². The van der Waals surface area contributed by atoms with Gasteiger partial charge in [-0.05, 0) is 31.2 Å². The Hall–Kier alpha value is -3.85. The molecule has 0 aliphatic carbocycles. The van der Waals surface area contributed by atoms with Crippen LogP contribution in [-0.4, -0.2) is 47.1 Å². The van der Waals surface area contributed by atoms with E-state index in [0.717, 1.165) is 0 Å². The van der Waals surface area contributed by atoms with Crippen LogP contribution in [0.1, 0.15) is 17.3 Å². The molecule has 4 aromatic rings. The summed E-state index contributed by atoms with van der Waals surface area (Å²) in [5.74, 6) is 0.823. The number of carbonyl (C=O) groups excluding carboxylic acids is 1. The molecule has 2 aromatic carbocycles. The quantitative estimate of drug-likeness (QED) is 0.491. The lowest BCUT2D eigenvalue weighted by Crippen LogP contribution is -2.20. The van der Waals surface area contributed by atoms with E-state index in [1.807, 2.05) is 30.3 Å². The third-order valence-corrected chi connectivity index (χ3v) is 5.03. The van der Waals surface area contributed by atoms with E-state index >= 15 is 0 Å². The highest BCUT2D eigenvalue weighted by molar-refractivity contribution is 6.09. The third-order valence-electron chi connectivity index (χ3n) is 5.03. The Morgan fingerprint density at radius 1 is 1.16 bits per heavy atom. The SMILES string of the molecule is COC[C@H](C)OC(=O)c1c(N)n(-c2ccc3c(c2)OCO3)c2nc3ccccc3nc12. The lowest BCUT2D eigenvalue weighted by molar-refractivity contribution is 0.0123. The van der Waals surface area contributed by atoms with Gasteiger partial charge in [0.2, 0.25) is 6.79 Å². The Labute approximate surface area is 177 Å². The fraction of sp³-hybridized carbons (Fsp3) is 0.227. The monoisotopic (exact) mass is 420 g/mol. The number of nitrogens with zero attached hydrogens (tertiary/aromatic N) is 3. The molecule has 2 N–H and O–H groups in total. The highest BCUT2D eigenvalue weighted by Crippen LogP contribution is 2.37. The molecular formula is C22H20N4O5. The third kappa shape index (κ3) is 3.19. The van der Waals surface area contributed by atoms with Crippen molar-refractivity contribution in [3.8, 4) is 17.2 Å². The summed E-state index contributed by atoms with van der Waals surface area (Å²) < 4.78 is 23.2. The summed E-state index contributed by atoms with van der Waals surface area (Å²) in [5, 5.41) is 0. The van der Waals surface area contributed by atoms with E-state index in [0.29, 0.717) is 39.4 Å². The number of benzene rings is 2. The summed E-state index contributed by atoms with van der Waals surface area (Å²) in [7, 11) is 1.54. The number of nitrogen functional groups attached to an aromatic ring is 1. The molecule has 31 heavy (non-hydrogen) atoms. The second kappa shape index (κ2) is 7.44. The van der Waals surface area contributed by atoms with E-state index in [9.17, 15) is 4.79 Å². The lowest BCUT2D eigenvalue weighted by Gasteiger charge is -2.12. The zero-order chi connectivity index (χ0) is 21.5. The van der Waals surface area contributed by atoms with Crippen molar-refractivity contribution >= 4 is 34.0 Å². The number of hydrogen-bond acceptors (Lipinski definition) is 8. The molecule has 1 aliphatic rings. The first kappa shape index (κ1) is 19.1. The Balaban J connectivity index is 1.74. The van der Waals surface area contributed by atoms with Gasteiger partial charge < -0.3 is 24.7 Å². The highest BCUT2D eigenvalue weighted by atomic mass is 16.7. The van der Waals surface area contributed by atoms with E-state index in [-0.39, 0.29) is 24.8 Å². The van der Waals surface area contributed by atoms with Crippen LogP contribution in [0.15, 0.2) is 42.5 Å². The van der Waals surface area contributed by atoms with Crippen LogP contribution in [0.5, 0.6) is 11.5 Å². The molecule has 0 fully saturated rings. The van der Waals surface area contributed by atoms with Crippen LogP contribution in [0.25, 0.3) is 27.9 Å².